The first kappa shape index (κ1) is 16.9. The number of urea groups is 1. The number of ether oxygens (including phenoxy) is 1. The van der Waals surface area contributed by atoms with Crippen molar-refractivity contribution in [3.63, 3.8) is 0 Å². The number of anilines is 1. The van der Waals surface area contributed by atoms with E-state index in [9.17, 15) is 4.79 Å². The molecule has 0 heterocycles. The fourth-order valence-corrected chi connectivity index (χ4v) is 2.28. The van der Waals surface area contributed by atoms with Gasteiger partial charge in [0.25, 0.3) is 0 Å². The molecule has 4 heteroatoms. The van der Waals surface area contributed by atoms with Gasteiger partial charge in [0, 0.05) is 12.2 Å². The summed E-state index contributed by atoms with van der Waals surface area (Å²) in [7, 11) is 0. The van der Waals surface area contributed by atoms with Crippen LogP contribution in [0.3, 0.4) is 0 Å². The van der Waals surface area contributed by atoms with Crippen molar-refractivity contribution < 1.29 is 9.53 Å². The second kappa shape index (κ2) is 8.83. The summed E-state index contributed by atoms with van der Waals surface area (Å²) in [5.41, 5.74) is 3.20. The van der Waals surface area contributed by atoms with Crippen LogP contribution in [0.4, 0.5) is 10.5 Å². The lowest BCUT2D eigenvalue weighted by molar-refractivity contribution is 0.252. The van der Waals surface area contributed by atoms with Crippen LogP contribution in [0.15, 0.2) is 48.5 Å². The maximum Gasteiger partial charge on any atom is 0.319 e. The van der Waals surface area contributed by atoms with Crippen LogP contribution in [0.1, 0.15) is 25.0 Å². The molecule has 0 aliphatic rings. The molecule has 0 fully saturated rings. The van der Waals surface area contributed by atoms with E-state index < -0.39 is 0 Å². The number of amides is 2. The van der Waals surface area contributed by atoms with Crippen molar-refractivity contribution in [3.8, 4) is 5.75 Å². The molecule has 0 aliphatic carbocycles. The quantitative estimate of drug-likeness (QED) is 0.811. The van der Waals surface area contributed by atoms with Gasteiger partial charge in [-0.2, -0.15) is 0 Å². The van der Waals surface area contributed by atoms with Crippen LogP contribution in [-0.4, -0.2) is 19.2 Å². The minimum Gasteiger partial charge on any atom is -0.494 e. The third kappa shape index (κ3) is 5.66. The highest BCUT2D eigenvalue weighted by molar-refractivity contribution is 5.89. The fraction of sp³-hybridized carbons (Fsp3) is 0.316. The molecule has 122 valence electrons. The van der Waals surface area contributed by atoms with Crippen molar-refractivity contribution in [1.82, 2.24) is 5.32 Å². The van der Waals surface area contributed by atoms with Crippen molar-refractivity contribution >= 4 is 11.7 Å². The smallest absolute Gasteiger partial charge is 0.319 e. The molecule has 0 bridgehead atoms. The molecule has 0 unspecified atom stereocenters. The van der Waals surface area contributed by atoms with Crippen LogP contribution < -0.4 is 15.4 Å². The Balaban J connectivity index is 1.75. The van der Waals surface area contributed by atoms with Crippen LogP contribution in [0.25, 0.3) is 0 Å². The molecule has 0 saturated heterocycles. The standard InChI is InChI=1S/C19H24N2O2/c1-3-15-6-5-7-17(14-15)21-19(22)20-13-12-16-8-10-18(11-9-16)23-4-2/h5-11,14H,3-4,12-13H2,1-2H3,(H2,20,21,22). The van der Waals surface area contributed by atoms with Gasteiger partial charge in [0.1, 0.15) is 5.75 Å². The highest BCUT2D eigenvalue weighted by Gasteiger charge is 2.02. The molecular weight excluding hydrogens is 288 g/mol. The zero-order valence-electron chi connectivity index (χ0n) is 13.8. The molecule has 2 aromatic carbocycles. The third-order valence-corrected chi connectivity index (χ3v) is 3.53. The van der Waals surface area contributed by atoms with Crippen LogP contribution in [-0.2, 0) is 12.8 Å². The van der Waals surface area contributed by atoms with E-state index in [2.05, 4.69) is 23.6 Å². The highest BCUT2D eigenvalue weighted by Crippen LogP contribution is 2.12. The molecular formula is C19H24N2O2. The van der Waals surface area contributed by atoms with E-state index in [-0.39, 0.29) is 6.03 Å². The van der Waals surface area contributed by atoms with E-state index in [1.165, 1.54) is 11.1 Å². The molecule has 2 amide bonds. The van der Waals surface area contributed by atoms with Gasteiger partial charge < -0.3 is 15.4 Å². The van der Waals surface area contributed by atoms with Crippen molar-refractivity contribution in [2.75, 3.05) is 18.5 Å². The number of hydrogen-bond donors (Lipinski definition) is 2. The average Bonchev–Trinajstić information content (AvgIpc) is 2.57. The lowest BCUT2D eigenvalue weighted by atomic mass is 10.1. The van der Waals surface area contributed by atoms with Gasteiger partial charge in [-0.25, -0.2) is 4.79 Å². The number of aryl methyl sites for hydroxylation is 1. The van der Waals surface area contributed by atoms with E-state index in [4.69, 9.17) is 4.74 Å². The Kier molecular flexibility index (Phi) is 6.48. The van der Waals surface area contributed by atoms with Gasteiger partial charge in [-0.3, -0.25) is 0 Å². The van der Waals surface area contributed by atoms with E-state index in [0.717, 1.165) is 24.3 Å². The summed E-state index contributed by atoms with van der Waals surface area (Å²) in [6.45, 7) is 5.32. The topological polar surface area (TPSA) is 50.4 Å². The zero-order chi connectivity index (χ0) is 16.5. The summed E-state index contributed by atoms with van der Waals surface area (Å²) in [5.74, 6) is 0.873. The Morgan fingerprint density at radius 2 is 1.83 bits per heavy atom. The van der Waals surface area contributed by atoms with Crippen molar-refractivity contribution in [2.24, 2.45) is 0 Å². The molecule has 0 radical (unpaired) electrons. The van der Waals surface area contributed by atoms with E-state index >= 15 is 0 Å². The Morgan fingerprint density at radius 1 is 1.04 bits per heavy atom. The van der Waals surface area contributed by atoms with Gasteiger partial charge in [-0.15, -0.1) is 0 Å². The highest BCUT2D eigenvalue weighted by atomic mass is 16.5. The Bertz CT molecular complexity index is 624. The van der Waals surface area contributed by atoms with Gasteiger partial charge in [0.05, 0.1) is 6.61 Å². The number of nitrogens with one attached hydrogen (secondary N) is 2. The predicted octanol–water partition coefficient (Wildman–Crippen LogP) is 4.01. The number of hydrogen-bond acceptors (Lipinski definition) is 2. The minimum absolute atomic E-state index is 0.177. The van der Waals surface area contributed by atoms with Crippen molar-refractivity contribution in [1.29, 1.82) is 0 Å². The first-order valence-electron chi connectivity index (χ1n) is 8.06. The van der Waals surface area contributed by atoms with Gasteiger partial charge in [-0.1, -0.05) is 31.2 Å². The lowest BCUT2D eigenvalue weighted by Crippen LogP contribution is -2.30. The van der Waals surface area contributed by atoms with Crippen LogP contribution in [0.2, 0.25) is 0 Å². The van der Waals surface area contributed by atoms with Gasteiger partial charge >= 0.3 is 6.03 Å². The summed E-state index contributed by atoms with van der Waals surface area (Å²) >= 11 is 0. The molecule has 4 nitrogen and oxygen atoms in total. The van der Waals surface area contributed by atoms with Gasteiger partial charge in [0.15, 0.2) is 0 Å². The molecule has 2 rings (SSSR count). The van der Waals surface area contributed by atoms with Crippen LogP contribution in [0, 0.1) is 0 Å². The summed E-state index contributed by atoms with van der Waals surface area (Å²) in [4.78, 5) is 11.9. The summed E-state index contributed by atoms with van der Waals surface area (Å²) in [6.07, 6.45) is 1.74. The van der Waals surface area contributed by atoms with Gasteiger partial charge in [0.2, 0.25) is 0 Å². The molecule has 0 atom stereocenters. The third-order valence-electron chi connectivity index (χ3n) is 3.53. The molecule has 23 heavy (non-hydrogen) atoms. The lowest BCUT2D eigenvalue weighted by Gasteiger charge is -2.09. The van der Waals surface area contributed by atoms with E-state index in [0.29, 0.717) is 13.2 Å². The average molecular weight is 312 g/mol. The largest absolute Gasteiger partial charge is 0.494 e. The number of benzene rings is 2. The number of rotatable bonds is 7. The van der Waals surface area contributed by atoms with Gasteiger partial charge in [-0.05, 0) is 55.2 Å². The maximum atomic E-state index is 11.9. The number of carbonyl (C=O) groups excluding carboxylic acids is 1. The van der Waals surface area contributed by atoms with Crippen LogP contribution in [0.5, 0.6) is 5.75 Å². The second-order valence-electron chi connectivity index (χ2n) is 5.26. The molecule has 0 aromatic heterocycles. The van der Waals surface area contributed by atoms with E-state index in [1.54, 1.807) is 0 Å². The number of carbonyl (C=O) groups is 1. The van der Waals surface area contributed by atoms with Crippen molar-refractivity contribution in [2.45, 2.75) is 26.7 Å². The molecule has 2 aromatic rings. The summed E-state index contributed by atoms with van der Waals surface area (Å²) < 4.78 is 5.41. The van der Waals surface area contributed by atoms with E-state index in [1.807, 2.05) is 49.4 Å². The molecule has 0 spiro atoms. The first-order chi connectivity index (χ1) is 11.2. The summed E-state index contributed by atoms with van der Waals surface area (Å²) in [5, 5.41) is 5.73. The maximum absolute atomic E-state index is 11.9. The fourth-order valence-electron chi connectivity index (χ4n) is 2.28. The monoisotopic (exact) mass is 312 g/mol. The Morgan fingerprint density at radius 3 is 2.52 bits per heavy atom. The summed E-state index contributed by atoms with van der Waals surface area (Å²) in [6, 6.07) is 15.7. The Hall–Kier alpha value is -2.49. The first-order valence-corrected chi connectivity index (χ1v) is 8.06. The minimum atomic E-state index is -0.177. The predicted molar refractivity (Wildman–Crippen MR) is 94.2 cm³/mol. The molecule has 2 N–H and O–H groups in total. The SMILES string of the molecule is CCOc1ccc(CCNC(=O)Nc2cccc(CC)c2)cc1. The molecule has 0 aliphatic heterocycles. The molecule has 0 saturated carbocycles. The second-order valence-corrected chi connectivity index (χ2v) is 5.26. The van der Waals surface area contributed by atoms with Crippen molar-refractivity contribution in [3.05, 3.63) is 59.7 Å². The Labute approximate surface area is 137 Å². The zero-order valence-corrected chi connectivity index (χ0v) is 13.8. The normalized spacial score (nSPS) is 10.2. The van der Waals surface area contributed by atoms with Crippen LogP contribution >= 0.6 is 0 Å².